The molecule has 2 aromatic carbocycles. The molecule has 1 saturated heterocycles. The van der Waals surface area contributed by atoms with Gasteiger partial charge in [-0.3, -0.25) is 58.0 Å². The largest absolute Gasteiger partial charge is 0.496 e. The van der Waals surface area contributed by atoms with Gasteiger partial charge in [0.25, 0.3) is 11.8 Å². The topological polar surface area (TPSA) is 357 Å². The van der Waals surface area contributed by atoms with Crippen LogP contribution in [0.5, 0.6) is 11.5 Å². The van der Waals surface area contributed by atoms with Crippen LogP contribution in [0.25, 0.3) is 16.9 Å². The van der Waals surface area contributed by atoms with Gasteiger partial charge in [-0.25, -0.2) is 9.48 Å². The van der Waals surface area contributed by atoms with Gasteiger partial charge in [0, 0.05) is 124 Å². The summed E-state index contributed by atoms with van der Waals surface area (Å²) in [6.07, 6.45) is 7.35. The Labute approximate surface area is 605 Å². The molecule has 30 heteroatoms. The van der Waals surface area contributed by atoms with Gasteiger partial charge in [0.2, 0.25) is 17.7 Å². The van der Waals surface area contributed by atoms with Gasteiger partial charge in [0.05, 0.1) is 83.8 Å². The Morgan fingerprint density at radius 1 is 0.612 bits per heavy atom. The standard InChI is InChI=1S/C73H114N12O18/c1-9-53-43-54-21-22-73(72(97)98,56(44-53)45-54)76-70(95)58-47-60(69-61(99-7)15-10-16-62(69)100-8)85(77-58)59-18-17-55(46-57(59)52(2)3)71(96)80(6)28-14-26-78(4)25-13-27-79(5)65(88)20-19-63(86)74-23-11-37-101-39-41-103-42-40-102-38-12-24-75-64(87)48-81-29-31-82(49-66(89)90)33-35-84(51-68(93)94)36-34-83(32-30-81)50-67(91)92/h10,15-18,46-47,52-54,56H,9,11-14,19-45,48-51H2,1-8H3,(H,74,86)(H,75,87)(H,76,95)(H,89,90)(H,91,92)(H,93,94)(H,97,98). The van der Waals surface area contributed by atoms with E-state index >= 15 is 0 Å². The molecule has 2 aliphatic carbocycles. The Balaban J connectivity index is 0.824. The average Bonchev–Trinajstić information content (AvgIpc) is 1.74. The molecule has 4 unspecified atom stereocenters. The van der Waals surface area contributed by atoms with E-state index in [1.807, 2.05) is 37.9 Å². The molecule has 3 aliphatic rings. The van der Waals surface area contributed by atoms with E-state index in [1.54, 1.807) is 87.8 Å². The van der Waals surface area contributed by atoms with E-state index in [0.717, 1.165) is 50.6 Å². The number of nitrogens with zero attached hydrogens (tertiary/aromatic N) is 9. The number of methoxy groups -OCH3 is 2. The van der Waals surface area contributed by atoms with Crippen molar-refractivity contribution < 1.29 is 87.3 Å². The van der Waals surface area contributed by atoms with Crippen molar-refractivity contribution in [2.75, 3.05) is 193 Å². The Morgan fingerprint density at radius 2 is 1.13 bits per heavy atom. The summed E-state index contributed by atoms with van der Waals surface area (Å²) < 4.78 is 30.2. The lowest BCUT2D eigenvalue weighted by atomic mass is 9.59. The predicted octanol–water partition coefficient (Wildman–Crippen LogP) is 4.03. The van der Waals surface area contributed by atoms with E-state index in [4.69, 9.17) is 28.8 Å². The van der Waals surface area contributed by atoms with E-state index in [0.29, 0.717) is 170 Å². The zero-order valence-corrected chi connectivity index (χ0v) is 61.8. The van der Waals surface area contributed by atoms with Crippen molar-refractivity contribution in [3.8, 4) is 28.4 Å². The number of rotatable bonds is 43. The quantitative estimate of drug-likeness (QED) is 0.0393. The molecule has 0 radical (unpaired) electrons. The minimum atomic E-state index is -1.42. The third-order valence-corrected chi connectivity index (χ3v) is 19.7. The van der Waals surface area contributed by atoms with E-state index < -0.39 is 35.3 Å². The molecule has 103 heavy (non-hydrogen) atoms. The Kier molecular flexibility index (Phi) is 35.5. The van der Waals surface area contributed by atoms with Gasteiger partial charge in [-0.15, -0.1) is 0 Å². The van der Waals surface area contributed by atoms with Gasteiger partial charge in [0.15, 0.2) is 5.69 Å². The molecule has 5 amide bonds. The summed E-state index contributed by atoms with van der Waals surface area (Å²) in [6, 6.07) is 12.5. The van der Waals surface area contributed by atoms with Gasteiger partial charge >= 0.3 is 23.9 Å². The molecule has 1 aliphatic heterocycles. The third-order valence-electron chi connectivity index (χ3n) is 19.7. The van der Waals surface area contributed by atoms with E-state index in [9.17, 15) is 63.6 Å². The second kappa shape index (κ2) is 43.4. The van der Waals surface area contributed by atoms with Crippen LogP contribution in [-0.2, 0) is 47.8 Å². The number of carboxylic acid groups (broad SMARTS) is 4. The first-order chi connectivity index (χ1) is 49.3. The van der Waals surface area contributed by atoms with Crippen LogP contribution in [-0.4, -0.2) is 316 Å². The van der Waals surface area contributed by atoms with Gasteiger partial charge < -0.3 is 74.8 Å². The highest BCUT2D eigenvalue weighted by Gasteiger charge is 2.53. The van der Waals surface area contributed by atoms with Gasteiger partial charge in [-0.2, -0.15) is 5.10 Å². The molecule has 2 saturated carbocycles. The maximum absolute atomic E-state index is 14.5. The highest BCUT2D eigenvalue weighted by Crippen LogP contribution is 2.49. The lowest BCUT2D eigenvalue weighted by Gasteiger charge is -2.49. The summed E-state index contributed by atoms with van der Waals surface area (Å²) in [6.45, 7) is 13.4. The van der Waals surface area contributed by atoms with Crippen molar-refractivity contribution in [3.05, 3.63) is 59.3 Å². The second-order valence-corrected chi connectivity index (χ2v) is 27.7. The van der Waals surface area contributed by atoms with Gasteiger partial charge in [0.1, 0.15) is 17.0 Å². The lowest BCUT2D eigenvalue weighted by Crippen LogP contribution is -2.62. The number of aromatic nitrogens is 2. The Hall–Kier alpha value is -7.84. The number of carboxylic acids is 4. The fourth-order valence-corrected chi connectivity index (χ4v) is 13.8. The molecule has 1 aromatic heterocycles. The number of ether oxygens (including phenoxy) is 5. The zero-order chi connectivity index (χ0) is 75.0. The summed E-state index contributed by atoms with van der Waals surface area (Å²) in [4.78, 5) is 127. The lowest BCUT2D eigenvalue weighted by molar-refractivity contribution is -0.151. The minimum Gasteiger partial charge on any atom is -0.496 e. The molecular weight excluding hydrogens is 1330 g/mol. The molecule has 0 spiro atoms. The normalized spacial score (nSPS) is 18.7. The van der Waals surface area contributed by atoms with Crippen LogP contribution in [0.4, 0.5) is 0 Å². The highest BCUT2D eigenvalue weighted by molar-refractivity contribution is 5.98. The number of carbonyl (C=O) groups excluding carboxylic acids is 5. The van der Waals surface area contributed by atoms with Gasteiger partial charge in [-0.1, -0.05) is 33.3 Å². The Bertz CT molecular complexity index is 3190. The van der Waals surface area contributed by atoms with Crippen molar-refractivity contribution >= 4 is 53.4 Å². The number of amides is 5. The SMILES string of the molecule is CCC1CC2CCC(NC(=O)c3cc(-c4c(OC)cccc4OC)n(-c4ccc(C(=O)N(C)CCCN(C)CCCN(C)C(=O)CCC(=O)NCCCOCCOCCOCCCNC(=O)CN5CCN(CC(=O)O)CCN(CC(=O)O)CCN(CC(=O)O)CC5)cc4C(C)C)n3)(C(=O)O)C(C1)C2. The molecule has 6 rings (SSSR count). The summed E-state index contributed by atoms with van der Waals surface area (Å²) in [5.74, 6) is -3.91. The summed E-state index contributed by atoms with van der Waals surface area (Å²) >= 11 is 0. The van der Waals surface area contributed by atoms with Crippen LogP contribution in [0.1, 0.15) is 130 Å². The molecule has 7 N–H and O–H groups in total. The molecule has 574 valence electrons. The molecule has 30 nitrogen and oxygen atoms in total. The van der Waals surface area contributed by atoms with Crippen LogP contribution in [0.15, 0.2) is 42.5 Å². The van der Waals surface area contributed by atoms with Crippen molar-refractivity contribution in [3.63, 3.8) is 0 Å². The van der Waals surface area contributed by atoms with E-state index in [2.05, 4.69) is 27.8 Å². The third kappa shape index (κ3) is 27.3. The van der Waals surface area contributed by atoms with Crippen LogP contribution in [0.3, 0.4) is 0 Å². The van der Waals surface area contributed by atoms with E-state index in [1.165, 1.54) is 0 Å². The van der Waals surface area contributed by atoms with Crippen LogP contribution in [0, 0.1) is 17.8 Å². The van der Waals surface area contributed by atoms with Crippen LogP contribution < -0.4 is 25.4 Å². The fourth-order valence-electron chi connectivity index (χ4n) is 13.8. The molecule has 4 atom stereocenters. The minimum absolute atomic E-state index is 0.0277. The maximum atomic E-state index is 14.5. The zero-order valence-electron chi connectivity index (χ0n) is 61.8. The highest BCUT2D eigenvalue weighted by atomic mass is 16.5. The summed E-state index contributed by atoms with van der Waals surface area (Å²) in [7, 11) is 8.62. The molecule has 2 bridgehead atoms. The first-order valence-corrected chi connectivity index (χ1v) is 36.4. The van der Waals surface area contributed by atoms with Crippen molar-refractivity contribution in [1.29, 1.82) is 0 Å². The molecule has 3 fully saturated rings. The Morgan fingerprint density at radius 3 is 1.63 bits per heavy atom. The number of aliphatic carboxylic acids is 4. The first kappa shape index (κ1) is 84.1. The number of fused-ring (bicyclic) bond motifs is 2. The second-order valence-electron chi connectivity index (χ2n) is 27.7. The number of hydrogen-bond donors (Lipinski definition) is 7. The van der Waals surface area contributed by atoms with Crippen molar-refractivity contribution in [2.45, 2.75) is 109 Å². The monoisotopic (exact) mass is 1450 g/mol. The number of hydrogen-bond acceptors (Lipinski definition) is 20. The molecular formula is C73H114N12O18. The first-order valence-electron chi connectivity index (χ1n) is 36.4. The molecule has 3 aromatic rings. The maximum Gasteiger partial charge on any atom is 0.329 e. The summed E-state index contributed by atoms with van der Waals surface area (Å²) in [5, 5.41) is 52.8. The van der Waals surface area contributed by atoms with Gasteiger partial charge in [-0.05, 0) is 144 Å². The predicted molar refractivity (Wildman–Crippen MR) is 385 cm³/mol. The average molecular weight is 1450 g/mol. The smallest absolute Gasteiger partial charge is 0.329 e. The number of carbonyl (C=O) groups is 9. The number of benzene rings is 2. The molecule has 2 heterocycles. The fraction of sp³-hybridized carbons (Fsp3) is 0.671. The van der Waals surface area contributed by atoms with Crippen LogP contribution >= 0.6 is 0 Å². The van der Waals surface area contributed by atoms with Crippen molar-refractivity contribution in [1.82, 2.24) is 60.0 Å². The van der Waals surface area contributed by atoms with E-state index in [-0.39, 0.29) is 106 Å². The number of nitrogens with one attached hydrogen (secondary N) is 3. The van der Waals surface area contributed by atoms with Crippen molar-refractivity contribution in [2.24, 2.45) is 17.8 Å². The summed E-state index contributed by atoms with van der Waals surface area (Å²) in [5.41, 5.74) is 1.55. The van der Waals surface area contributed by atoms with Crippen LogP contribution in [0.2, 0.25) is 0 Å².